The maximum atomic E-state index is 6.32. The number of hydrogen-bond donors (Lipinski definition) is 1. The van der Waals surface area contributed by atoms with Gasteiger partial charge in [0.25, 0.3) is 0 Å². The van der Waals surface area contributed by atoms with E-state index in [1.165, 1.54) is 31.2 Å². The van der Waals surface area contributed by atoms with E-state index in [1.54, 1.807) is 0 Å². The van der Waals surface area contributed by atoms with Gasteiger partial charge < -0.3 is 5.32 Å². The molecule has 1 fully saturated rings. The fraction of sp³-hybridized carbons (Fsp3) is 0.647. The van der Waals surface area contributed by atoms with Gasteiger partial charge in [0.1, 0.15) is 0 Å². The Morgan fingerprint density at radius 1 is 1.25 bits per heavy atom. The van der Waals surface area contributed by atoms with Crippen LogP contribution >= 0.6 is 23.2 Å². The molecule has 112 valence electrons. The maximum Gasteiger partial charge on any atom is 0.0439 e. The minimum absolute atomic E-state index is 0.626. The second kappa shape index (κ2) is 7.68. The molecule has 0 aromatic heterocycles. The Kier molecular flexibility index (Phi) is 6.20. The third-order valence-corrected chi connectivity index (χ3v) is 4.99. The van der Waals surface area contributed by atoms with Gasteiger partial charge in [-0.15, -0.1) is 0 Å². The van der Waals surface area contributed by atoms with Crippen molar-refractivity contribution in [3.8, 4) is 0 Å². The third-order valence-electron chi connectivity index (χ3n) is 4.39. The lowest BCUT2D eigenvalue weighted by atomic mass is 9.76. The normalized spacial score (nSPS) is 26.7. The second-order valence-corrected chi connectivity index (χ2v) is 7.02. The van der Waals surface area contributed by atoms with E-state index in [4.69, 9.17) is 23.2 Å². The molecule has 1 saturated carbocycles. The lowest BCUT2D eigenvalue weighted by Crippen LogP contribution is -2.41. The van der Waals surface area contributed by atoms with Gasteiger partial charge in [-0.2, -0.15) is 0 Å². The van der Waals surface area contributed by atoms with E-state index < -0.39 is 0 Å². The summed E-state index contributed by atoms with van der Waals surface area (Å²) in [6, 6.07) is 6.44. The van der Waals surface area contributed by atoms with Crippen LogP contribution in [-0.2, 0) is 6.42 Å². The zero-order valence-corrected chi connectivity index (χ0v) is 14.0. The summed E-state index contributed by atoms with van der Waals surface area (Å²) < 4.78 is 0. The molecule has 0 bridgehead atoms. The van der Waals surface area contributed by atoms with E-state index in [9.17, 15) is 0 Å². The van der Waals surface area contributed by atoms with Gasteiger partial charge in [-0.05, 0) is 74.2 Å². The molecule has 1 aliphatic rings. The van der Waals surface area contributed by atoms with Gasteiger partial charge in [0, 0.05) is 16.1 Å². The number of hydrogen-bond acceptors (Lipinski definition) is 1. The number of halogens is 2. The van der Waals surface area contributed by atoms with Crippen LogP contribution in [0.4, 0.5) is 0 Å². The molecule has 0 amide bonds. The van der Waals surface area contributed by atoms with Crippen LogP contribution in [-0.4, -0.2) is 12.6 Å². The van der Waals surface area contributed by atoms with Crippen molar-refractivity contribution < 1.29 is 0 Å². The second-order valence-electron chi connectivity index (χ2n) is 6.18. The van der Waals surface area contributed by atoms with Crippen LogP contribution in [0.3, 0.4) is 0 Å². The van der Waals surface area contributed by atoms with Crippen molar-refractivity contribution in [3.63, 3.8) is 0 Å². The van der Waals surface area contributed by atoms with Gasteiger partial charge in [0.15, 0.2) is 0 Å². The van der Waals surface area contributed by atoms with Crippen molar-refractivity contribution in [3.05, 3.63) is 33.8 Å². The van der Waals surface area contributed by atoms with Gasteiger partial charge in [-0.1, -0.05) is 37.0 Å². The zero-order valence-electron chi connectivity index (χ0n) is 12.5. The van der Waals surface area contributed by atoms with Crippen LogP contribution in [0.5, 0.6) is 0 Å². The third kappa shape index (κ3) is 4.38. The first-order valence-corrected chi connectivity index (χ1v) is 8.53. The highest BCUT2D eigenvalue weighted by Gasteiger charge is 2.28. The first-order chi connectivity index (χ1) is 9.60. The number of nitrogens with one attached hydrogen (secondary N) is 1. The smallest absolute Gasteiger partial charge is 0.0439 e. The molecule has 3 unspecified atom stereocenters. The van der Waals surface area contributed by atoms with Gasteiger partial charge in [-0.25, -0.2) is 0 Å². The number of benzene rings is 1. The lowest BCUT2D eigenvalue weighted by Gasteiger charge is -2.36. The Hall–Kier alpha value is -0.240. The molecule has 20 heavy (non-hydrogen) atoms. The van der Waals surface area contributed by atoms with Crippen molar-refractivity contribution >= 4 is 23.2 Å². The Labute approximate surface area is 133 Å². The lowest BCUT2D eigenvalue weighted by molar-refractivity contribution is 0.212. The highest BCUT2D eigenvalue weighted by Crippen LogP contribution is 2.33. The Morgan fingerprint density at radius 2 is 2.05 bits per heavy atom. The first kappa shape index (κ1) is 16.1. The average Bonchev–Trinajstić information content (AvgIpc) is 2.42. The molecule has 0 radical (unpaired) electrons. The fourth-order valence-corrected chi connectivity index (χ4v) is 3.69. The topological polar surface area (TPSA) is 12.0 Å². The molecule has 0 heterocycles. The summed E-state index contributed by atoms with van der Waals surface area (Å²) in [5.74, 6) is 1.49. The highest BCUT2D eigenvalue weighted by atomic mass is 35.5. The van der Waals surface area contributed by atoms with E-state index in [2.05, 4.69) is 19.2 Å². The fourth-order valence-electron chi connectivity index (χ4n) is 3.30. The molecule has 1 nitrogen and oxygen atoms in total. The molecule has 1 aromatic carbocycles. The highest BCUT2D eigenvalue weighted by molar-refractivity contribution is 6.33. The van der Waals surface area contributed by atoms with Gasteiger partial charge in [0.2, 0.25) is 0 Å². The van der Waals surface area contributed by atoms with Crippen LogP contribution in [0.2, 0.25) is 10.0 Å². The monoisotopic (exact) mass is 313 g/mol. The molecule has 0 aliphatic heterocycles. The Bertz CT molecular complexity index is 431. The largest absolute Gasteiger partial charge is 0.314 e. The molecule has 1 aromatic rings. The molecule has 1 N–H and O–H groups in total. The Morgan fingerprint density at radius 3 is 2.80 bits per heavy atom. The van der Waals surface area contributed by atoms with Crippen LogP contribution in [0, 0.1) is 11.8 Å². The SMILES string of the molecule is CCCNC1CCC(C)CC1Cc1cc(Cl)ccc1Cl. The molecule has 0 saturated heterocycles. The van der Waals surface area contributed by atoms with Crippen LogP contribution in [0.15, 0.2) is 18.2 Å². The zero-order chi connectivity index (χ0) is 14.5. The van der Waals surface area contributed by atoms with Gasteiger partial charge in [0.05, 0.1) is 0 Å². The Balaban J connectivity index is 2.08. The van der Waals surface area contributed by atoms with Crippen LogP contribution < -0.4 is 5.32 Å². The molecular formula is C17H25Cl2N. The standard InChI is InChI=1S/C17H25Cl2N/c1-3-8-20-17-7-4-12(2)9-14(17)10-13-11-15(18)5-6-16(13)19/h5-6,11-12,14,17,20H,3-4,7-10H2,1-2H3. The molecule has 0 spiro atoms. The van der Waals surface area contributed by atoms with E-state index in [1.807, 2.05) is 18.2 Å². The van der Waals surface area contributed by atoms with Crippen molar-refractivity contribution in [2.75, 3.05) is 6.54 Å². The van der Waals surface area contributed by atoms with Gasteiger partial charge in [-0.3, -0.25) is 0 Å². The van der Waals surface area contributed by atoms with Crippen molar-refractivity contribution in [1.29, 1.82) is 0 Å². The van der Waals surface area contributed by atoms with Crippen LogP contribution in [0.1, 0.15) is 45.1 Å². The van der Waals surface area contributed by atoms with Crippen LogP contribution in [0.25, 0.3) is 0 Å². The summed E-state index contributed by atoms with van der Waals surface area (Å²) >= 11 is 12.4. The van der Waals surface area contributed by atoms with E-state index >= 15 is 0 Å². The van der Waals surface area contributed by atoms with Crippen molar-refractivity contribution in [1.82, 2.24) is 5.32 Å². The van der Waals surface area contributed by atoms with E-state index in [0.717, 1.165) is 28.9 Å². The predicted octanol–water partition coefficient (Wildman–Crippen LogP) is 5.34. The maximum absolute atomic E-state index is 6.32. The summed E-state index contributed by atoms with van der Waals surface area (Å²) in [5.41, 5.74) is 1.20. The summed E-state index contributed by atoms with van der Waals surface area (Å²) in [6.45, 7) is 5.70. The summed E-state index contributed by atoms with van der Waals surface area (Å²) in [6.07, 6.45) is 6.12. The molecule has 1 aliphatic carbocycles. The molecule has 2 rings (SSSR count). The average molecular weight is 314 g/mol. The summed E-state index contributed by atoms with van der Waals surface area (Å²) in [7, 11) is 0. The molecular weight excluding hydrogens is 289 g/mol. The summed E-state index contributed by atoms with van der Waals surface area (Å²) in [5, 5.41) is 5.35. The van der Waals surface area contributed by atoms with Gasteiger partial charge >= 0.3 is 0 Å². The minimum atomic E-state index is 0.626. The van der Waals surface area contributed by atoms with E-state index in [0.29, 0.717) is 12.0 Å². The predicted molar refractivity (Wildman–Crippen MR) is 88.8 cm³/mol. The molecule has 3 atom stereocenters. The van der Waals surface area contributed by atoms with E-state index in [-0.39, 0.29) is 0 Å². The van der Waals surface area contributed by atoms with Crippen molar-refractivity contribution in [2.24, 2.45) is 11.8 Å². The first-order valence-electron chi connectivity index (χ1n) is 7.77. The number of rotatable bonds is 5. The molecule has 3 heteroatoms. The summed E-state index contributed by atoms with van der Waals surface area (Å²) in [4.78, 5) is 0. The van der Waals surface area contributed by atoms with Crippen molar-refractivity contribution in [2.45, 2.75) is 52.0 Å². The quantitative estimate of drug-likeness (QED) is 0.773. The minimum Gasteiger partial charge on any atom is -0.314 e.